The van der Waals surface area contributed by atoms with E-state index in [-0.39, 0.29) is 17.7 Å². The molecule has 2 aromatic rings. The fraction of sp³-hybridized carbons (Fsp3) is 0.350. The number of halogens is 6. The molecule has 0 saturated carbocycles. The van der Waals surface area contributed by atoms with Crippen LogP contribution in [0.5, 0.6) is 0 Å². The summed E-state index contributed by atoms with van der Waals surface area (Å²) in [5.74, 6) is -2.21. The number of ketones is 1. The van der Waals surface area contributed by atoms with Crippen LogP contribution in [0.2, 0.25) is 0 Å². The number of esters is 1. The number of aromatic nitrogens is 1. The second kappa shape index (κ2) is 8.85. The molecule has 4 nitrogen and oxygen atoms in total. The lowest BCUT2D eigenvalue weighted by Crippen LogP contribution is -2.49. The minimum atomic E-state index is -5.85. The van der Waals surface area contributed by atoms with Crippen molar-refractivity contribution in [1.29, 1.82) is 0 Å². The molecule has 0 spiro atoms. The largest absolute Gasteiger partial charge is 0.442 e. The third-order valence-electron chi connectivity index (χ3n) is 4.45. The monoisotopic (exact) mass is 433 g/mol. The van der Waals surface area contributed by atoms with Gasteiger partial charge >= 0.3 is 18.3 Å². The van der Waals surface area contributed by atoms with E-state index in [1.807, 2.05) is 0 Å². The van der Waals surface area contributed by atoms with Crippen molar-refractivity contribution >= 4 is 11.8 Å². The first-order valence-electron chi connectivity index (χ1n) is 8.70. The number of hydrogen-bond acceptors (Lipinski definition) is 4. The lowest BCUT2D eigenvalue weighted by Gasteiger charge is -2.30. The molecule has 0 aliphatic rings. The SMILES string of the molecule is CC(CCC(=O)c1ccccc1)(C(=O)OC(C(F)(F)F)C(F)(F)F)c1ccccn1. The van der Waals surface area contributed by atoms with Gasteiger partial charge in [-0.05, 0) is 25.5 Å². The predicted molar refractivity (Wildman–Crippen MR) is 93.6 cm³/mol. The number of Topliss-reactive ketones (excluding diaryl/α,β-unsaturated/α-hetero) is 1. The molecule has 1 aromatic heterocycles. The van der Waals surface area contributed by atoms with Gasteiger partial charge < -0.3 is 4.74 Å². The van der Waals surface area contributed by atoms with Crippen molar-refractivity contribution in [3.05, 3.63) is 66.0 Å². The topological polar surface area (TPSA) is 56.3 Å². The number of hydrogen-bond donors (Lipinski definition) is 0. The van der Waals surface area contributed by atoms with Crippen molar-refractivity contribution in [3.8, 4) is 0 Å². The van der Waals surface area contributed by atoms with E-state index in [1.165, 1.54) is 36.5 Å². The predicted octanol–water partition coefficient (Wildman–Crippen LogP) is 5.04. The van der Waals surface area contributed by atoms with Crippen molar-refractivity contribution in [2.45, 2.75) is 43.6 Å². The van der Waals surface area contributed by atoms with Crippen molar-refractivity contribution in [2.24, 2.45) is 0 Å². The first kappa shape index (κ1) is 23.4. The molecule has 2 rings (SSSR count). The van der Waals surface area contributed by atoms with Crippen LogP contribution < -0.4 is 0 Å². The maximum Gasteiger partial charge on any atom is 0.434 e. The van der Waals surface area contributed by atoms with Crippen molar-refractivity contribution < 1.29 is 40.7 Å². The summed E-state index contributed by atoms with van der Waals surface area (Å²) >= 11 is 0. The zero-order valence-electron chi connectivity index (χ0n) is 15.6. The van der Waals surface area contributed by atoms with Gasteiger partial charge in [-0.15, -0.1) is 0 Å². The zero-order valence-corrected chi connectivity index (χ0v) is 15.6. The summed E-state index contributed by atoms with van der Waals surface area (Å²) in [6.07, 6.45) is -15.5. The van der Waals surface area contributed by atoms with E-state index in [4.69, 9.17) is 0 Å². The van der Waals surface area contributed by atoms with Crippen LogP contribution in [0.3, 0.4) is 0 Å². The third kappa shape index (κ3) is 5.58. The van der Waals surface area contributed by atoms with Gasteiger partial charge in [-0.3, -0.25) is 14.6 Å². The summed E-state index contributed by atoms with van der Waals surface area (Å²) in [7, 11) is 0. The molecule has 0 aliphatic heterocycles. The Balaban J connectivity index is 2.32. The second-order valence-corrected chi connectivity index (χ2v) is 6.70. The first-order chi connectivity index (χ1) is 13.9. The summed E-state index contributed by atoms with van der Waals surface area (Å²) in [4.78, 5) is 28.8. The molecule has 162 valence electrons. The molecule has 1 heterocycles. The Bertz CT molecular complexity index is 854. The van der Waals surface area contributed by atoms with Crippen molar-refractivity contribution in [2.75, 3.05) is 0 Å². The Labute approximate surface area is 167 Å². The molecule has 1 atom stereocenters. The molecular weight excluding hydrogens is 416 g/mol. The molecule has 0 fully saturated rings. The maximum atomic E-state index is 12.8. The summed E-state index contributed by atoms with van der Waals surface area (Å²) in [5, 5.41) is 0. The van der Waals surface area contributed by atoms with Gasteiger partial charge in [0.1, 0.15) is 5.41 Å². The smallest absolute Gasteiger partial charge is 0.434 e. The lowest BCUT2D eigenvalue weighted by atomic mass is 9.80. The number of rotatable bonds is 7. The highest BCUT2D eigenvalue weighted by molar-refractivity contribution is 5.96. The summed E-state index contributed by atoms with van der Waals surface area (Å²) in [5.41, 5.74) is -1.84. The first-order valence-corrected chi connectivity index (χ1v) is 8.70. The number of ether oxygens (including phenoxy) is 1. The zero-order chi connectivity index (χ0) is 22.6. The van der Waals surface area contributed by atoms with Crippen molar-refractivity contribution in [3.63, 3.8) is 0 Å². The van der Waals surface area contributed by atoms with E-state index in [1.54, 1.807) is 18.2 Å². The summed E-state index contributed by atoms with van der Waals surface area (Å²) in [6, 6.07) is 12.0. The molecular formula is C20H17F6NO3. The van der Waals surface area contributed by atoms with E-state index < -0.39 is 42.0 Å². The van der Waals surface area contributed by atoms with Gasteiger partial charge in [-0.25, -0.2) is 0 Å². The van der Waals surface area contributed by atoms with E-state index in [0.29, 0.717) is 0 Å². The number of carbonyl (C=O) groups excluding carboxylic acids is 2. The molecule has 0 bridgehead atoms. The Morgan fingerprint density at radius 2 is 1.50 bits per heavy atom. The van der Waals surface area contributed by atoms with Gasteiger partial charge in [-0.1, -0.05) is 36.4 Å². The van der Waals surface area contributed by atoms with Crippen LogP contribution in [0.1, 0.15) is 35.8 Å². The fourth-order valence-corrected chi connectivity index (χ4v) is 2.71. The number of alkyl halides is 6. The summed E-state index contributed by atoms with van der Waals surface area (Å²) < 4.78 is 80.9. The van der Waals surface area contributed by atoms with E-state index in [9.17, 15) is 35.9 Å². The molecule has 1 aromatic carbocycles. The third-order valence-corrected chi connectivity index (χ3v) is 4.45. The van der Waals surface area contributed by atoms with Crippen LogP contribution in [0.15, 0.2) is 54.7 Å². The Morgan fingerprint density at radius 1 is 0.933 bits per heavy atom. The van der Waals surface area contributed by atoms with E-state index in [2.05, 4.69) is 9.72 Å². The van der Waals surface area contributed by atoms with Gasteiger partial charge in [0.05, 0.1) is 5.69 Å². The Kier molecular flexibility index (Phi) is 6.89. The standard InChI is InChI=1S/C20H17F6NO3/c1-18(15-9-5-6-12-27-15,11-10-14(28)13-7-3-2-4-8-13)17(29)30-16(19(21,22)23)20(24,25)26/h2-9,12,16H,10-11H2,1H3. The Hall–Kier alpha value is -2.91. The van der Waals surface area contributed by atoms with Crippen LogP contribution >= 0.6 is 0 Å². The van der Waals surface area contributed by atoms with Gasteiger partial charge in [0, 0.05) is 18.2 Å². The number of pyridine rings is 1. The quantitative estimate of drug-likeness (QED) is 0.349. The highest BCUT2D eigenvalue weighted by atomic mass is 19.4. The molecule has 0 aliphatic carbocycles. The average molecular weight is 433 g/mol. The molecule has 0 radical (unpaired) electrons. The molecule has 0 amide bonds. The fourth-order valence-electron chi connectivity index (χ4n) is 2.71. The molecule has 30 heavy (non-hydrogen) atoms. The normalized spacial score (nSPS) is 14.3. The van der Waals surface area contributed by atoms with Gasteiger partial charge in [0.2, 0.25) is 0 Å². The van der Waals surface area contributed by atoms with Gasteiger partial charge in [-0.2, -0.15) is 26.3 Å². The maximum absolute atomic E-state index is 12.8. The van der Waals surface area contributed by atoms with E-state index >= 15 is 0 Å². The van der Waals surface area contributed by atoms with Crippen LogP contribution in [-0.2, 0) is 14.9 Å². The van der Waals surface area contributed by atoms with Crippen LogP contribution in [0.25, 0.3) is 0 Å². The lowest BCUT2D eigenvalue weighted by molar-refractivity contribution is -0.314. The van der Waals surface area contributed by atoms with Gasteiger partial charge in [0.25, 0.3) is 6.10 Å². The molecule has 1 unspecified atom stereocenters. The molecule has 0 saturated heterocycles. The second-order valence-electron chi connectivity index (χ2n) is 6.70. The Morgan fingerprint density at radius 3 is 2.00 bits per heavy atom. The minimum absolute atomic E-state index is 0.112. The van der Waals surface area contributed by atoms with E-state index in [0.717, 1.165) is 6.92 Å². The molecule has 0 N–H and O–H groups in total. The number of nitrogens with zero attached hydrogens (tertiary/aromatic N) is 1. The van der Waals surface area contributed by atoms with Crippen molar-refractivity contribution in [1.82, 2.24) is 4.98 Å². The van der Waals surface area contributed by atoms with Crippen LogP contribution in [-0.4, -0.2) is 35.2 Å². The number of carbonyl (C=O) groups is 2. The minimum Gasteiger partial charge on any atom is -0.442 e. The average Bonchev–Trinajstić information content (AvgIpc) is 2.69. The van der Waals surface area contributed by atoms with Crippen LogP contribution in [0.4, 0.5) is 26.3 Å². The summed E-state index contributed by atoms with van der Waals surface area (Å²) in [6.45, 7) is 1.10. The highest BCUT2D eigenvalue weighted by Gasteiger charge is 2.61. The molecule has 10 heteroatoms. The van der Waals surface area contributed by atoms with Crippen LogP contribution in [0, 0.1) is 0 Å². The van der Waals surface area contributed by atoms with Gasteiger partial charge in [0.15, 0.2) is 5.78 Å². The highest BCUT2D eigenvalue weighted by Crippen LogP contribution is 2.38. The number of benzene rings is 1.